The maximum atomic E-state index is 8.64. The number of benzene rings is 1. The second kappa shape index (κ2) is 4.14. The number of hydrogen-bond acceptors (Lipinski definition) is 1. The summed E-state index contributed by atoms with van der Waals surface area (Å²) in [5.74, 6) is 0.348. The van der Waals surface area contributed by atoms with Crippen molar-refractivity contribution in [2.45, 2.75) is 12.8 Å². The van der Waals surface area contributed by atoms with Crippen LogP contribution in [0.25, 0.3) is 0 Å². The summed E-state index contributed by atoms with van der Waals surface area (Å²) >= 11 is 0. The van der Waals surface area contributed by atoms with Crippen LogP contribution in [0, 0.1) is 6.42 Å². The lowest BCUT2D eigenvalue weighted by atomic mass is 9.99. The van der Waals surface area contributed by atoms with E-state index in [1.165, 1.54) is 5.56 Å². The van der Waals surface area contributed by atoms with E-state index in [1.807, 2.05) is 24.6 Å². The van der Waals surface area contributed by atoms with Crippen molar-refractivity contribution in [2.75, 3.05) is 6.61 Å². The molecule has 1 unspecified atom stereocenters. The molecule has 0 saturated carbocycles. The predicted octanol–water partition coefficient (Wildman–Crippen LogP) is 1.99. The molecule has 0 aliphatic rings. The Bertz CT molecular complexity index is 193. The molecule has 11 heavy (non-hydrogen) atoms. The first-order chi connectivity index (χ1) is 5.34. The lowest BCUT2D eigenvalue weighted by Gasteiger charge is -2.08. The summed E-state index contributed by atoms with van der Waals surface area (Å²) in [6, 6.07) is 10.1. The summed E-state index contributed by atoms with van der Waals surface area (Å²) in [6.45, 7) is 2.22. The highest BCUT2D eigenvalue weighted by atomic mass is 16.3. The van der Waals surface area contributed by atoms with Crippen molar-refractivity contribution in [1.82, 2.24) is 0 Å². The third-order valence-electron chi connectivity index (χ3n) is 1.78. The normalized spacial score (nSPS) is 12.9. The van der Waals surface area contributed by atoms with E-state index in [0.717, 1.165) is 0 Å². The smallest absolute Gasteiger partial charge is 0.0468 e. The number of aliphatic hydroxyl groups is 1. The topological polar surface area (TPSA) is 20.2 Å². The number of aliphatic hydroxyl groups excluding tert-OH is 1. The molecule has 1 nitrogen and oxygen atoms in total. The summed E-state index contributed by atoms with van der Waals surface area (Å²) in [4.78, 5) is 0. The molecule has 1 atom stereocenters. The molecule has 59 valence electrons. The molecule has 0 aromatic heterocycles. The van der Waals surface area contributed by atoms with Crippen LogP contribution in [0.3, 0.4) is 0 Å². The SMILES string of the molecule is CC([CH]CO)c1ccccc1. The minimum Gasteiger partial charge on any atom is -0.396 e. The van der Waals surface area contributed by atoms with Gasteiger partial charge in [0, 0.05) is 6.61 Å². The van der Waals surface area contributed by atoms with Gasteiger partial charge in [0.2, 0.25) is 0 Å². The van der Waals surface area contributed by atoms with Gasteiger partial charge in [-0.05, 0) is 17.9 Å². The third-order valence-corrected chi connectivity index (χ3v) is 1.78. The minimum absolute atomic E-state index is 0.149. The van der Waals surface area contributed by atoms with Crippen molar-refractivity contribution in [3.63, 3.8) is 0 Å². The summed E-state index contributed by atoms with van der Waals surface area (Å²) in [5.41, 5.74) is 1.25. The minimum atomic E-state index is 0.149. The molecule has 0 heterocycles. The highest BCUT2D eigenvalue weighted by Crippen LogP contribution is 2.16. The van der Waals surface area contributed by atoms with E-state index >= 15 is 0 Å². The van der Waals surface area contributed by atoms with Gasteiger partial charge in [-0.1, -0.05) is 37.3 Å². The Morgan fingerprint density at radius 1 is 1.36 bits per heavy atom. The van der Waals surface area contributed by atoms with Crippen LogP contribution in [-0.2, 0) is 0 Å². The number of hydrogen-bond donors (Lipinski definition) is 1. The standard InChI is InChI=1S/C10H13O/c1-9(7-8-11)10-5-3-2-4-6-10/h2-7,9,11H,8H2,1H3. The van der Waals surface area contributed by atoms with Gasteiger partial charge in [0.15, 0.2) is 0 Å². The third kappa shape index (κ3) is 2.35. The van der Waals surface area contributed by atoms with Crippen molar-refractivity contribution in [2.24, 2.45) is 0 Å². The van der Waals surface area contributed by atoms with Crippen molar-refractivity contribution >= 4 is 0 Å². The summed E-state index contributed by atoms with van der Waals surface area (Å²) in [7, 11) is 0. The van der Waals surface area contributed by atoms with Gasteiger partial charge >= 0.3 is 0 Å². The number of rotatable bonds is 3. The molecule has 1 N–H and O–H groups in total. The summed E-state index contributed by atoms with van der Waals surface area (Å²) < 4.78 is 0. The highest BCUT2D eigenvalue weighted by molar-refractivity contribution is 5.21. The molecule has 0 fully saturated rings. The van der Waals surface area contributed by atoms with Gasteiger partial charge in [-0.15, -0.1) is 0 Å². The van der Waals surface area contributed by atoms with Crippen LogP contribution in [0.2, 0.25) is 0 Å². The first kappa shape index (κ1) is 8.28. The fourth-order valence-electron chi connectivity index (χ4n) is 1.05. The first-order valence-electron chi connectivity index (χ1n) is 3.83. The summed E-state index contributed by atoms with van der Waals surface area (Å²) in [5, 5.41) is 8.64. The maximum absolute atomic E-state index is 8.64. The monoisotopic (exact) mass is 149 g/mol. The Hall–Kier alpha value is -0.820. The predicted molar refractivity (Wildman–Crippen MR) is 46.2 cm³/mol. The van der Waals surface area contributed by atoms with Gasteiger partial charge in [0.05, 0.1) is 0 Å². The van der Waals surface area contributed by atoms with E-state index in [2.05, 4.69) is 19.1 Å². The van der Waals surface area contributed by atoms with Crippen LogP contribution in [0.15, 0.2) is 30.3 Å². The quantitative estimate of drug-likeness (QED) is 0.696. The van der Waals surface area contributed by atoms with Crippen molar-refractivity contribution < 1.29 is 5.11 Å². The highest BCUT2D eigenvalue weighted by Gasteiger charge is 2.02. The zero-order valence-corrected chi connectivity index (χ0v) is 6.70. The Kier molecular flexibility index (Phi) is 3.12. The molecule has 0 aliphatic carbocycles. The van der Waals surface area contributed by atoms with Crippen molar-refractivity contribution in [3.05, 3.63) is 42.3 Å². The van der Waals surface area contributed by atoms with Crippen molar-refractivity contribution in [1.29, 1.82) is 0 Å². The fraction of sp³-hybridized carbons (Fsp3) is 0.300. The lowest BCUT2D eigenvalue weighted by Crippen LogP contribution is -1.96. The molecule has 0 spiro atoms. The Labute approximate surface area is 67.7 Å². The Balaban J connectivity index is 2.61. The largest absolute Gasteiger partial charge is 0.396 e. The van der Waals surface area contributed by atoms with E-state index in [1.54, 1.807) is 0 Å². The van der Waals surface area contributed by atoms with Gasteiger partial charge in [0.1, 0.15) is 0 Å². The lowest BCUT2D eigenvalue weighted by molar-refractivity contribution is 0.320. The molecule has 1 aromatic carbocycles. The maximum Gasteiger partial charge on any atom is 0.0468 e. The molecule has 1 radical (unpaired) electrons. The average molecular weight is 149 g/mol. The molecule has 1 aromatic rings. The van der Waals surface area contributed by atoms with E-state index in [-0.39, 0.29) is 6.61 Å². The van der Waals surface area contributed by atoms with E-state index in [4.69, 9.17) is 5.11 Å². The van der Waals surface area contributed by atoms with Crippen LogP contribution >= 0.6 is 0 Å². The van der Waals surface area contributed by atoms with Gasteiger partial charge in [-0.3, -0.25) is 0 Å². The van der Waals surface area contributed by atoms with Gasteiger partial charge in [0.25, 0.3) is 0 Å². The van der Waals surface area contributed by atoms with Crippen LogP contribution in [0.5, 0.6) is 0 Å². The second-order valence-electron chi connectivity index (χ2n) is 2.62. The van der Waals surface area contributed by atoms with Crippen LogP contribution < -0.4 is 0 Å². The molecule has 1 rings (SSSR count). The first-order valence-corrected chi connectivity index (χ1v) is 3.83. The molecule has 0 bridgehead atoms. The molecular formula is C10H13O. The van der Waals surface area contributed by atoms with Crippen LogP contribution in [0.4, 0.5) is 0 Å². The molecular weight excluding hydrogens is 136 g/mol. The van der Waals surface area contributed by atoms with Crippen LogP contribution in [0.1, 0.15) is 18.4 Å². The van der Waals surface area contributed by atoms with E-state index in [0.29, 0.717) is 5.92 Å². The van der Waals surface area contributed by atoms with E-state index in [9.17, 15) is 0 Å². The Morgan fingerprint density at radius 2 is 2.00 bits per heavy atom. The van der Waals surface area contributed by atoms with Crippen LogP contribution in [-0.4, -0.2) is 11.7 Å². The molecule has 0 saturated heterocycles. The Morgan fingerprint density at radius 3 is 2.55 bits per heavy atom. The van der Waals surface area contributed by atoms with Crippen molar-refractivity contribution in [3.8, 4) is 0 Å². The molecule has 0 amide bonds. The second-order valence-corrected chi connectivity index (χ2v) is 2.62. The fourth-order valence-corrected chi connectivity index (χ4v) is 1.05. The molecule has 1 heteroatoms. The van der Waals surface area contributed by atoms with Gasteiger partial charge < -0.3 is 5.11 Å². The zero-order chi connectivity index (χ0) is 8.10. The average Bonchev–Trinajstić information content (AvgIpc) is 2.07. The van der Waals surface area contributed by atoms with Gasteiger partial charge in [-0.2, -0.15) is 0 Å². The van der Waals surface area contributed by atoms with E-state index < -0.39 is 0 Å². The summed E-state index contributed by atoms with van der Waals surface area (Å²) in [6.07, 6.45) is 1.88. The van der Waals surface area contributed by atoms with Gasteiger partial charge in [-0.25, -0.2) is 0 Å². The zero-order valence-electron chi connectivity index (χ0n) is 6.70. The molecule has 0 aliphatic heterocycles.